The van der Waals surface area contributed by atoms with Gasteiger partial charge in [-0.2, -0.15) is 0 Å². The van der Waals surface area contributed by atoms with Gasteiger partial charge in [0.2, 0.25) is 0 Å². The molecular weight excluding hydrogens is 1680 g/mol. The minimum absolute atomic E-state index is 0.965. The molecule has 0 saturated heterocycles. The molecule has 0 radical (unpaired) electrons. The van der Waals surface area contributed by atoms with E-state index >= 15 is 0 Å². The lowest BCUT2D eigenvalue weighted by atomic mass is 9.97. The lowest BCUT2D eigenvalue weighted by Crippen LogP contribution is -1.81. The van der Waals surface area contributed by atoms with E-state index in [1.165, 1.54) is 261 Å². The molecule has 30 rings (SSSR count). The summed E-state index contributed by atoms with van der Waals surface area (Å²) in [7, 11) is 0. The Bertz CT molecular complexity index is 10200. The normalized spacial score (nSPS) is 11.9. The zero-order valence-corrected chi connectivity index (χ0v) is 79.1. The van der Waals surface area contributed by atoms with Gasteiger partial charge >= 0.3 is 0 Å². The molecular formula is C132H96O6. The Morgan fingerprint density at radius 2 is 0.362 bits per heavy atom. The largest absolute Gasteiger partial charge is 0.455 e. The van der Waals surface area contributed by atoms with Gasteiger partial charge in [0.15, 0.2) is 0 Å². The van der Waals surface area contributed by atoms with Gasteiger partial charge in [0.1, 0.15) is 67.0 Å². The highest BCUT2D eigenvalue weighted by molar-refractivity contribution is 6.28. The third-order valence-corrected chi connectivity index (χ3v) is 29.3. The third kappa shape index (κ3) is 13.5. The van der Waals surface area contributed by atoms with Crippen molar-refractivity contribution in [3.8, 4) is 0 Å². The number of fused-ring (bicyclic) bond motifs is 40. The van der Waals surface area contributed by atoms with Gasteiger partial charge < -0.3 is 26.5 Å². The van der Waals surface area contributed by atoms with Crippen LogP contribution in [0.2, 0.25) is 0 Å². The van der Waals surface area contributed by atoms with Crippen LogP contribution in [-0.4, -0.2) is 0 Å². The fraction of sp³-hybridized carbons (Fsp3) is 0.0909. The summed E-state index contributed by atoms with van der Waals surface area (Å²) >= 11 is 0. The van der Waals surface area contributed by atoms with E-state index in [1.54, 1.807) is 0 Å². The van der Waals surface area contributed by atoms with Crippen molar-refractivity contribution in [2.75, 3.05) is 0 Å². The maximum atomic E-state index is 6.39. The third-order valence-electron chi connectivity index (χ3n) is 29.3. The van der Waals surface area contributed by atoms with Crippen molar-refractivity contribution in [3.63, 3.8) is 0 Å². The maximum Gasteiger partial charge on any atom is 0.143 e. The highest BCUT2D eigenvalue weighted by Crippen LogP contribution is 2.48. The standard InChI is InChI=1S/6C22H16O/c1-13-11-19-20-12-14(2)16-8-4-6-10-18(16)22(20)23-21(19)17-9-5-3-7-15(13)17;1-13-6-5-7-15-11-21-19(12-18(13)15)20-10-14(2)16-8-3-4-9-17(16)22(20)23-21;1-13-6-5-9-17-16(13)10-11-20-21(17)19-12-14(2)15-7-3-4-8-18(15)22(19)23-20;1-13-6-5-9-18-16(13)10-11-19-20-12-14(2)15-7-3-4-8-17(15)22(20)23-21(18)19;1-13-7-9-17-15(11-13)8-10-19-20-12-14(2)16-5-3-4-6-18(16)22(20)23-21(17)19;1-13-7-8-15-12-21-19(11-16(15)9-13)20-10-14(2)17-5-3-4-6-18(17)22(20)23-21/h6*3-12H,1-2H3. The molecule has 0 unspecified atom stereocenters. The summed E-state index contributed by atoms with van der Waals surface area (Å²) in [6.07, 6.45) is 0. The lowest BCUT2D eigenvalue weighted by Gasteiger charge is -2.04. The van der Waals surface area contributed by atoms with Crippen molar-refractivity contribution in [3.05, 3.63) is 431 Å². The van der Waals surface area contributed by atoms with Gasteiger partial charge in [-0.1, -0.05) is 290 Å². The van der Waals surface area contributed by atoms with Crippen LogP contribution in [0.1, 0.15) is 66.8 Å². The molecule has 0 spiro atoms. The van der Waals surface area contributed by atoms with Gasteiger partial charge in [-0.25, -0.2) is 0 Å². The molecule has 0 N–H and O–H groups in total. The summed E-state index contributed by atoms with van der Waals surface area (Å²) in [5, 5.41) is 44.2. The summed E-state index contributed by atoms with van der Waals surface area (Å²) in [6, 6.07) is 130. The van der Waals surface area contributed by atoms with Crippen LogP contribution in [0.15, 0.2) is 390 Å². The number of benzene rings is 24. The van der Waals surface area contributed by atoms with Crippen LogP contribution in [0.3, 0.4) is 0 Å². The first-order valence-electron chi connectivity index (χ1n) is 47.8. The summed E-state index contributed by atoms with van der Waals surface area (Å²) in [5.41, 5.74) is 27.3. The molecule has 6 heteroatoms. The minimum Gasteiger partial charge on any atom is -0.455 e. The van der Waals surface area contributed by atoms with Gasteiger partial charge in [-0.3, -0.25) is 0 Å². The fourth-order valence-corrected chi connectivity index (χ4v) is 22.4. The first-order valence-corrected chi connectivity index (χ1v) is 47.8. The number of aryl methyl sites for hydroxylation is 12. The second-order valence-corrected chi connectivity index (χ2v) is 38.2. The molecule has 0 atom stereocenters. The first kappa shape index (κ1) is 83.1. The van der Waals surface area contributed by atoms with E-state index in [-0.39, 0.29) is 0 Å². The Balaban J connectivity index is 0.0000000878. The van der Waals surface area contributed by atoms with Crippen molar-refractivity contribution in [2.45, 2.75) is 83.1 Å². The molecule has 6 nitrogen and oxygen atoms in total. The molecule has 0 aliphatic rings. The van der Waals surface area contributed by atoms with Crippen LogP contribution < -0.4 is 0 Å². The van der Waals surface area contributed by atoms with E-state index in [0.29, 0.717) is 0 Å². The van der Waals surface area contributed by atoms with Gasteiger partial charge in [-0.15, -0.1) is 0 Å². The van der Waals surface area contributed by atoms with Crippen molar-refractivity contribution < 1.29 is 26.5 Å². The first-order chi connectivity index (χ1) is 67.4. The zero-order valence-electron chi connectivity index (χ0n) is 79.1. The summed E-state index contributed by atoms with van der Waals surface area (Å²) in [4.78, 5) is 0. The Morgan fingerprint density at radius 1 is 0.116 bits per heavy atom. The Kier molecular flexibility index (Phi) is 19.6. The second-order valence-electron chi connectivity index (χ2n) is 38.2. The summed E-state index contributed by atoms with van der Waals surface area (Å²) in [6.45, 7) is 26.0. The lowest BCUT2D eigenvalue weighted by molar-refractivity contribution is 0.672. The molecule has 24 aromatic carbocycles. The van der Waals surface area contributed by atoms with E-state index in [4.69, 9.17) is 26.5 Å². The van der Waals surface area contributed by atoms with Crippen molar-refractivity contribution in [1.82, 2.24) is 0 Å². The summed E-state index contributed by atoms with van der Waals surface area (Å²) in [5.74, 6) is 0. The van der Waals surface area contributed by atoms with Gasteiger partial charge in [0.25, 0.3) is 0 Å². The van der Waals surface area contributed by atoms with E-state index in [1.807, 2.05) is 0 Å². The van der Waals surface area contributed by atoms with E-state index in [0.717, 1.165) is 67.0 Å². The smallest absolute Gasteiger partial charge is 0.143 e. The highest BCUT2D eigenvalue weighted by Gasteiger charge is 2.23. The molecule has 6 aromatic heterocycles. The highest BCUT2D eigenvalue weighted by atomic mass is 16.3. The number of furan rings is 6. The Morgan fingerprint density at radius 3 is 0.797 bits per heavy atom. The number of hydrogen-bond donors (Lipinski definition) is 0. The quantitative estimate of drug-likeness (QED) is 0.151. The molecule has 138 heavy (non-hydrogen) atoms. The van der Waals surface area contributed by atoms with Crippen LogP contribution in [0, 0.1) is 83.1 Å². The Hall–Kier alpha value is -16.8. The molecule has 0 bridgehead atoms. The van der Waals surface area contributed by atoms with Crippen LogP contribution in [0.25, 0.3) is 261 Å². The van der Waals surface area contributed by atoms with Crippen LogP contribution in [0.4, 0.5) is 0 Å². The Labute approximate surface area is 795 Å². The van der Waals surface area contributed by atoms with Crippen molar-refractivity contribution in [2.24, 2.45) is 0 Å². The van der Waals surface area contributed by atoms with Crippen molar-refractivity contribution in [1.29, 1.82) is 0 Å². The number of rotatable bonds is 0. The second kappa shape index (κ2) is 32.5. The fourth-order valence-electron chi connectivity index (χ4n) is 22.4. The molecule has 30 aromatic rings. The predicted octanol–water partition coefficient (Wildman–Crippen LogP) is 39.1. The summed E-state index contributed by atoms with van der Waals surface area (Å²) < 4.78 is 37.9. The zero-order chi connectivity index (χ0) is 93.3. The number of hydrogen-bond acceptors (Lipinski definition) is 6. The predicted molar refractivity (Wildman–Crippen MR) is 589 cm³/mol. The molecule has 0 amide bonds. The van der Waals surface area contributed by atoms with E-state index in [9.17, 15) is 0 Å². The topological polar surface area (TPSA) is 78.8 Å². The SMILES string of the molecule is Cc1cc2c(oc3ccc4c(C)cccc4c32)c2ccccc12.Cc1cc2c3cc(C)c4ccccc4c3oc2c2ccccc12.Cc1ccc2c(ccc3c4cc(C)c5ccccc5c4oc23)c1.Cc1ccc2cc3oc4c5ccccc5c(C)cc4c3cc2c1.Cc1cccc2c1ccc1c3cc(C)c4ccccc4c3oc21.Cc1cccc2cc3oc4c5ccccc5c(C)cc4c3cc12. The maximum absolute atomic E-state index is 6.39. The van der Waals surface area contributed by atoms with E-state index < -0.39 is 0 Å². The monoisotopic (exact) mass is 1780 g/mol. The van der Waals surface area contributed by atoms with Crippen LogP contribution in [-0.2, 0) is 0 Å². The molecule has 0 fully saturated rings. The van der Waals surface area contributed by atoms with Crippen LogP contribution in [0.5, 0.6) is 0 Å². The van der Waals surface area contributed by atoms with E-state index in [2.05, 4.69) is 447 Å². The minimum atomic E-state index is 0.965. The molecule has 0 saturated carbocycles. The molecule has 0 aliphatic heterocycles. The average Bonchev–Trinajstić information content (AvgIpc) is 1.63. The van der Waals surface area contributed by atoms with Gasteiger partial charge in [0, 0.05) is 113 Å². The molecule has 6 heterocycles. The van der Waals surface area contributed by atoms with Gasteiger partial charge in [0.05, 0.1) is 0 Å². The van der Waals surface area contributed by atoms with Crippen LogP contribution >= 0.6 is 0 Å². The van der Waals surface area contributed by atoms with Gasteiger partial charge in [-0.05, 0) is 304 Å². The molecule has 660 valence electrons. The average molecular weight is 1780 g/mol. The van der Waals surface area contributed by atoms with Crippen molar-refractivity contribution >= 4 is 261 Å². The molecule has 0 aliphatic carbocycles.